The van der Waals surface area contributed by atoms with E-state index in [4.69, 9.17) is 0 Å². The molecule has 1 rings (SSSR count). The second-order valence-electron chi connectivity index (χ2n) is 2.02. The smallest absolute Gasteiger partial charge is 0.255 e. The standard InChI is InChI=1S/C6H9NO3/c1-2-7-5(8)3-10-4-6(7)9/h2-4H2,1H3. The molecule has 10 heavy (non-hydrogen) atoms. The summed E-state index contributed by atoms with van der Waals surface area (Å²) >= 11 is 0. The highest BCUT2D eigenvalue weighted by Crippen LogP contribution is 1.98. The van der Waals surface area contributed by atoms with Crippen LogP contribution in [0.4, 0.5) is 0 Å². The minimum atomic E-state index is -0.237. The predicted octanol–water partition coefficient (Wildman–Crippen LogP) is -0.608. The van der Waals surface area contributed by atoms with Gasteiger partial charge in [0.2, 0.25) is 0 Å². The molecule has 4 heteroatoms. The van der Waals surface area contributed by atoms with Gasteiger partial charge in [0.1, 0.15) is 13.2 Å². The lowest BCUT2D eigenvalue weighted by atomic mass is 10.4. The molecule has 1 heterocycles. The van der Waals surface area contributed by atoms with Crippen molar-refractivity contribution < 1.29 is 14.3 Å². The van der Waals surface area contributed by atoms with Gasteiger partial charge < -0.3 is 4.74 Å². The molecule has 0 aromatic heterocycles. The summed E-state index contributed by atoms with van der Waals surface area (Å²) in [7, 11) is 0. The van der Waals surface area contributed by atoms with Crippen LogP contribution in [0, 0.1) is 0 Å². The molecule has 0 radical (unpaired) electrons. The lowest BCUT2D eigenvalue weighted by molar-refractivity contribution is -0.158. The van der Waals surface area contributed by atoms with Gasteiger partial charge in [0.05, 0.1) is 0 Å². The molecule has 0 bridgehead atoms. The molecule has 1 aliphatic heterocycles. The van der Waals surface area contributed by atoms with Crippen LogP contribution < -0.4 is 0 Å². The van der Waals surface area contributed by atoms with Crippen molar-refractivity contribution in [2.75, 3.05) is 19.8 Å². The number of morpholine rings is 1. The van der Waals surface area contributed by atoms with Crippen LogP contribution in [0.2, 0.25) is 0 Å². The first-order valence-electron chi connectivity index (χ1n) is 3.16. The molecule has 0 atom stereocenters. The number of hydrogen-bond acceptors (Lipinski definition) is 3. The van der Waals surface area contributed by atoms with Crippen LogP contribution in [-0.4, -0.2) is 36.5 Å². The van der Waals surface area contributed by atoms with Crippen LogP contribution in [0.1, 0.15) is 6.92 Å². The zero-order valence-corrected chi connectivity index (χ0v) is 5.79. The second kappa shape index (κ2) is 2.79. The maximum Gasteiger partial charge on any atom is 0.255 e. The van der Waals surface area contributed by atoms with Crippen LogP contribution in [0.3, 0.4) is 0 Å². The van der Waals surface area contributed by atoms with E-state index in [0.29, 0.717) is 6.54 Å². The molecule has 0 aromatic rings. The van der Waals surface area contributed by atoms with Gasteiger partial charge in [0.15, 0.2) is 0 Å². The summed E-state index contributed by atoms with van der Waals surface area (Å²) in [5.74, 6) is -0.475. The van der Waals surface area contributed by atoms with Crippen molar-refractivity contribution in [2.45, 2.75) is 6.92 Å². The normalized spacial score (nSPS) is 19.9. The molecule has 0 unspecified atom stereocenters. The van der Waals surface area contributed by atoms with Gasteiger partial charge >= 0.3 is 0 Å². The second-order valence-corrected chi connectivity index (χ2v) is 2.02. The summed E-state index contributed by atoms with van der Waals surface area (Å²) in [6.45, 7) is 2.29. The van der Waals surface area contributed by atoms with E-state index in [1.807, 2.05) is 0 Å². The number of nitrogens with zero attached hydrogens (tertiary/aromatic N) is 1. The van der Waals surface area contributed by atoms with E-state index in [1.54, 1.807) is 6.92 Å². The van der Waals surface area contributed by atoms with Crippen LogP contribution in [0.15, 0.2) is 0 Å². The Hall–Kier alpha value is -0.900. The lowest BCUT2D eigenvalue weighted by Crippen LogP contribution is -2.45. The van der Waals surface area contributed by atoms with Gasteiger partial charge in [0, 0.05) is 6.54 Å². The summed E-state index contributed by atoms with van der Waals surface area (Å²) in [6, 6.07) is 0. The highest BCUT2D eigenvalue weighted by Gasteiger charge is 2.24. The van der Waals surface area contributed by atoms with Crippen molar-refractivity contribution in [3.63, 3.8) is 0 Å². The maximum atomic E-state index is 10.8. The average Bonchev–Trinajstić information content (AvgIpc) is 1.88. The summed E-state index contributed by atoms with van der Waals surface area (Å²) < 4.78 is 4.69. The summed E-state index contributed by atoms with van der Waals surface area (Å²) in [6.07, 6.45) is 0. The lowest BCUT2D eigenvalue weighted by Gasteiger charge is -2.22. The molecule has 1 fully saturated rings. The van der Waals surface area contributed by atoms with Gasteiger partial charge in [-0.15, -0.1) is 0 Å². The number of rotatable bonds is 1. The quantitative estimate of drug-likeness (QED) is 0.460. The molecular formula is C6H9NO3. The minimum absolute atomic E-state index is 0.0412. The molecular weight excluding hydrogens is 134 g/mol. The van der Waals surface area contributed by atoms with Gasteiger partial charge in [0.25, 0.3) is 11.8 Å². The number of carbonyl (C=O) groups is 2. The molecule has 1 aliphatic rings. The van der Waals surface area contributed by atoms with Crippen LogP contribution in [-0.2, 0) is 14.3 Å². The number of hydrogen-bond donors (Lipinski definition) is 0. The van der Waals surface area contributed by atoms with Crippen molar-refractivity contribution in [2.24, 2.45) is 0 Å². The van der Waals surface area contributed by atoms with Gasteiger partial charge in [-0.1, -0.05) is 0 Å². The number of carbonyl (C=O) groups excluding carboxylic acids is 2. The van der Waals surface area contributed by atoms with Crippen molar-refractivity contribution in [1.82, 2.24) is 4.90 Å². The number of ether oxygens (including phenoxy) is 1. The van der Waals surface area contributed by atoms with Crippen LogP contribution in [0.25, 0.3) is 0 Å². The Morgan fingerprint density at radius 1 is 1.40 bits per heavy atom. The zero-order chi connectivity index (χ0) is 7.56. The van der Waals surface area contributed by atoms with Crippen molar-refractivity contribution in [3.8, 4) is 0 Å². The molecule has 1 saturated heterocycles. The first-order valence-corrected chi connectivity index (χ1v) is 3.16. The van der Waals surface area contributed by atoms with E-state index >= 15 is 0 Å². The Morgan fingerprint density at radius 3 is 2.20 bits per heavy atom. The Morgan fingerprint density at radius 2 is 1.90 bits per heavy atom. The molecule has 0 saturated carbocycles. The van der Waals surface area contributed by atoms with Crippen molar-refractivity contribution in [3.05, 3.63) is 0 Å². The van der Waals surface area contributed by atoms with E-state index in [9.17, 15) is 9.59 Å². The number of likely N-dealkylation sites (N-methyl/N-ethyl adjacent to an activating group) is 1. The van der Waals surface area contributed by atoms with Gasteiger partial charge in [-0.2, -0.15) is 0 Å². The minimum Gasteiger partial charge on any atom is -0.362 e. The van der Waals surface area contributed by atoms with Gasteiger partial charge in [-0.25, -0.2) is 0 Å². The fourth-order valence-electron chi connectivity index (χ4n) is 0.873. The third kappa shape index (κ3) is 1.16. The largest absolute Gasteiger partial charge is 0.362 e. The molecule has 4 nitrogen and oxygen atoms in total. The third-order valence-electron chi connectivity index (χ3n) is 1.37. The van der Waals surface area contributed by atoms with E-state index in [0.717, 1.165) is 0 Å². The fraction of sp³-hybridized carbons (Fsp3) is 0.667. The van der Waals surface area contributed by atoms with Crippen LogP contribution in [0.5, 0.6) is 0 Å². The number of imide groups is 1. The Kier molecular flexibility index (Phi) is 2.01. The van der Waals surface area contributed by atoms with Gasteiger partial charge in [-0.05, 0) is 6.92 Å². The molecule has 0 aliphatic carbocycles. The molecule has 0 aromatic carbocycles. The topological polar surface area (TPSA) is 46.6 Å². The highest BCUT2D eigenvalue weighted by molar-refractivity contribution is 5.98. The molecule has 0 spiro atoms. The SMILES string of the molecule is CCN1C(=O)COCC1=O. The molecule has 56 valence electrons. The fourth-order valence-corrected chi connectivity index (χ4v) is 0.873. The molecule has 0 N–H and O–H groups in total. The first kappa shape index (κ1) is 7.21. The summed E-state index contributed by atoms with van der Waals surface area (Å²) in [4.78, 5) is 22.8. The van der Waals surface area contributed by atoms with Crippen LogP contribution >= 0.6 is 0 Å². The third-order valence-corrected chi connectivity index (χ3v) is 1.37. The summed E-state index contributed by atoms with van der Waals surface area (Å²) in [5.41, 5.74) is 0. The van der Waals surface area contributed by atoms with E-state index < -0.39 is 0 Å². The first-order chi connectivity index (χ1) is 4.75. The van der Waals surface area contributed by atoms with Crippen molar-refractivity contribution in [1.29, 1.82) is 0 Å². The Bertz CT molecular complexity index is 150. The zero-order valence-electron chi connectivity index (χ0n) is 5.79. The Labute approximate surface area is 58.8 Å². The highest BCUT2D eigenvalue weighted by atomic mass is 16.5. The Balaban J connectivity index is 2.62. The van der Waals surface area contributed by atoms with Gasteiger partial charge in [-0.3, -0.25) is 14.5 Å². The van der Waals surface area contributed by atoms with E-state index in [2.05, 4.69) is 4.74 Å². The molecule has 2 amide bonds. The van der Waals surface area contributed by atoms with Crippen molar-refractivity contribution >= 4 is 11.8 Å². The average molecular weight is 143 g/mol. The summed E-state index contributed by atoms with van der Waals surface area (Å²) in [5, 5.41) is 0. The maximum absolute atomic E-state index is 10.8. The predicted molar refractivity (Wildman–Crippen MR) is 33.2 cm³/mol. The van der Waals surface area contributed by atoms with E-state index in [-0.39, 0.29) is 25.0 Å². The monoisotopic (exact) mass is 143 g/mol. The number of amides is 2. The van der Waals surface area contributed by atoms with E-state index in [1.165, 1.54) is 4.90 Å².